The molecule has 0 bridgehead atoms. The van der Waals surface area contributed by atoms with Crippen LogP contribution < -0.4 is 5.32 Å². The van der Waals surface area contributed by atoms with Crippen LogP contribution in [-0.4, -0.2) is 9.85 Å². The molecular weight excluding hydrogens is 342 g/mol. The molecule has 108 valence electrons. The Morgan fingerprint density at radius 3 is 2.24 bits per heavy atom. The van der Waals surface area contributed by atoms with Crippen LogP contribution in [-0.2, 0) is 6.54 Å². The van der Waals surface area contributed by atoms with E-state index in [4.69, 9.17) is 0 Å². The van der Waals surface area contributed by atoms with E-state index >= 15 is 0 Å². The number of nitro benzene ring substituents is 2. The molecule has 0 saturated heterocycles. The summed E-state index contributed by atoms with van der Waals surface area (Å²) in [6.45, 7) is 0.204. The number of hydrogen-bond donors (Lipinski definition) is 1. The third-order valence-electron chi connectivity index (χ3n) is 2.80. The Hall–Kier alpha value is -2.48. The second kappa shape index (κ2) is 6.31. The average Bonchev–Trinajstić information content (AvgIpc) is 2.46. The minimum Gasteiger partial charge on any atom is -0.381 e. The molecule has 0 atom stereocenters. The molecule has 1 N–H and O–H groups in total. The van der Waals surface area contributed by atoms with Gasteiger partial charge >= 0.3 is 0 Å². The van der Waals surface area contributed by atoms with Crippen LogP contribution in [0, 0.1) is 20.2 Å². The predicted octanol–water partition coefficient (Wildman–Crippen LogP) is 3.88. The van der Waals surface area contributed by atoms with Crippen LogP contribution in [0.1, 0.15) is 5.56 Å². The highest BCUT2D eigenvalue weighted by Gasteiger charge is 2.18. The Morgan fingerprint density at radius 2 is 1.67 bits per heavy atom. The molecule has 7 nitrogen and oxygen atoms in total. The van der Waals surface area contributed by atoms with E-state index in [9.17, 15) is 20.2 Å². The zero-order chi connectivity index (χ0) is 15.4. The first-order valence-electron chi connectivity index (χ1n) is 5.88. The van der Waals surface area contributed by atoms with Gasteiger partial charge in [0.05, 0.1) is 15.9 Å². The Morgan fingerprint density at radius 1 is 1.00 bits per heavy atom. The highest BCUT2D eigenvalue weighted by Crippen LogP contribution is 2.25. The highest BCUT2D eigenvalue weighted by molar-refractivity contribution is 9.10. The van der Waals surface area contributed by atoms with Gasteiger partial charge in [-0.1, -0.05) is 15.9 Å². The van der Waals surface area contributed by atoms with Gasteiger partial charge in [0.15, 0.2) is 0 Å². The molecule has 8 heteroatoms. The minimum atomic E-state index is -0.654. The molecule has 0 aliphatic carbocycles. The molecule has 0 heterocycles. The van der Waals surface area contributed by atoms with E-state index in [1.54, 1.807) is 0 Å². The molecule has 0 fully saturated rings. The molecule has 0 aromatic heterocycles. The van der Waals surface area contributed by atoms with Gasteiger partial charge in [-0.15, -0.1) is 0 Å². The molecule has 0 amide bonds. The van der Waals surface area contributed by atoms with Crippen molar-refractivity contribution in [3.05, 3.63) is 72.7 Å². The number of hydrogen-bond acceptors (Lipinski definition) is 5. The largest absolute Gasteiger partial charge is 0.381 e. The lowest BCUT2D eigenvalue weighted by molar-refractivity contribution is -0.394. The van der Waals surface area contributed by atoms with E-state index in [1.165, 1.54) is 12.1 Å². The Bertz CT molecular complexity index is 688. The fraction of sp³-hybridized carbons (Fsp3) is 0.0769. The Balaban J connectivity index is 2.21. The average molecular weight is 352 g/mol. The monoisotopic (exact) mass is 351 g/mol. The molecule has 0 saturated carbocycles. The SMILES string of the molecule is O=[N+]([O-])c1ccc(CNc2ccc(Br)cc2)c([N+](=O)[O-])c1. The van der Waals surface area contributed by atoms with E-state index in [0.29, 0.717) is 5.56 Å². The lowest BCUT2D eigenvalue weighted by atomic mass is 10.1. The van der Waals surface area contributed by atoms with Gasteiger partial charge in [0.25, 0.3) is 11.4 Å². The van der Waals surface area contributed by atoms with Crippen molar-refractivity contribution in [3.63, 3.8) is 0 Å². The van der Waals surface area contributed by atoms with Crippen LogP contribution >= 0.6 is 15.9 Å². The normalized spacial score (nSPS) is 10.1. The lowest BCUT2D eigenvalue weighted by Crippen LogP contribution is -2.03. The number of nitrogens with zero attached hydrogens (tertiary/aromatic N) is 2. The Labute approximate surface area is 128 Å². The molecule has 2 aromatic rings. The molecular formula is C13H10BrN3O4. The topological polar surface area (TPSA) is 98.3 Å². The first-order valence-corrected chi connectivity index (χ1v) is 6.68. The fourth-order valence-electron chi connectivity index (χ4n) is 1.75. The zero-order valence-corrected chi connectivity index (χ0v) is 12.2. The maximum absolute atomic E-state index is 11.0. The summed E-state index contributed by atoms with van der Waals surface area (Å²) in [5.74, 6) is 0. The van der Waals surface area contributed by atoms with Crippen molar-refractivity contribution in [2.45, 2.75) is 6.54 Å². The summed E-state index contributed by atoms with van der Waals surface area (Å²) < 4.78 is 0.925. The van der Waals surface area contributed by atoms with Gasteiger partial charge in [-0.3, -0.25) is 20.2 Å². The van der Waals surface area contributed by atoms with Crippen LogP contribution in [0.4, 0.5) is 17.1 Å². The number of nitrogens with one attached hydrogen (secondary N) is 1. The summed E-state index contributed by atoms with van der Waals surface area (Å²) in [6.07, 6.45) is 0. The van der Waals surface area contributed by atoms with Crippen molar-refractivity contribution in [3.8, 4) is 0 Å². The Kier molecular flexibility index (Phi) is 4.49. The van der Waals surface area contributed by atoms with E-state index < -0.39 is 9.85 Å². The number of halogens is 1. The van der Waals surface area contributed by atoms with E-state index in [1.807, 2.05) is 24.3 Å². The van der Waals surface area contributed by atoms with E-state index in [0.717, 1.165) is 16.2 Å². The first kappa shape index (κ1) is 14.9. The minimum absolute atomic E-state index is 0.204. The third kappa shape index (κ3) is 3.76. The highest BCUT2D eigenvalue weighted by atomic mass is 79.9. The maximum atomic E-state index is 11.0. The number of rotatable bonds is 5. The molecule has 0 spiro atoms. The summed E-state index contributed by atoms with van der Waals surface area (Å²) in [5, 5.41) is 24.7. The second-order valence-corrected chi connectivity index (χ2v) is 5.10. The number of anilines is 1. The first-order chi connectivity index (χ1) is 9.97. The van der Waals surface area contributed by atoms with Crippen LogP contribution in [0.15, 0.2) is 46.9 Å². The quantitative estimate of drug-likeness (QED) is 0.650. The number of nitro groups is 2. The summed E-state index contributed by atoms with van der Waals surface area (Å²) in [5.41, 5.74) is 0.613. The van der Waals surface area contributed by atoms with Crippen LogP contribution in [0.3, 0.4) is 0 Å². The molecule has 2 aromatic carbocycles. The summed E-state index contributed by atoms with van der Waals surface area (Å²) >= 11 is 3.31. The van der Waals surface area contributed by atoms with E-state index in [-0.39, 0.29) is 17.9 Å². The molecule has 0 aliphatic heterocycles. The molecule has 0 radical (unpaired) electrons. The summed E-state index contributed by atoms with van der Waals surface area (Å²) in [7, 11) is 0. The molecule has 21 heavy (non-hydrogen) atoms. The lowest BCUT2D eigenvalue weighted by Gasteiger charge is -2.07. The van der Waals surface area contributed by atoms with Gasteiger partial charge in [-0.25, -0.2) is 0 Å². The third-order valence-corrected chi connectivity index (χ3v) is 3.33. The second-order valence-electron chi connectivity index (χ2n) is 4.19. The van der Waals surface area contributed by atoms with E-state index in [2.05, 4.69) is 21.2 Å². The summed E-state index contributed by atoms with van der Waals surface area (Å²) in [6, 6.07) is 10.9. The van der Waals surface area contributed by atoms with Crippen molar-refractivity contribution < 1.29 is 9.85 Å². The van der Waals surface area contributed by atoms with Gasteiger partial charge in [0.2, 0.25) is 0 Å². The van der Waals surface area contributed by atoms with Crippen molar-refractivity contribution in [1.29, 1.82) is 0 Å². The van der Waals surface area contributed by atoms with Crippen molar-refractivity contribution in [2.75, 3.05) is 5.32 Å². The van der Waals surface area contributed by atoms with Crippen LogP contribution in [0.25, 0.3) is 0 Å². The standard InChI is InChI=1S/C13H10BrN3O4/c14-10-2-4-11(5-3-10)15-8-9-1-6-12(16(18)19)7-13(9)17(20)21/h1-7,15H,8H2. The van der Waals surface area contributed by atoms with Crippen molar-refractivity contribution in [2.24, 2.45) is 0 Å². The van der Waals surface area contributed by atoms with Crippen LogP contribution in [0.2, 0.25) is 0 Å². The smallest absolute Gasteiger partial charge is 0.281 e. The van der Waals surface area contributed by atoms with Crippen molar-refractivity contribution >= 4 is 33.0 Å². The summed E-state index contributed by atoms with van der Waals surface area (Å²) in [4.78, 5) is 20.4. The predicted molar refractivity (Wildman–Crippen MR) is 81.2 cm³/mol. The maximum Gasteiger partial charge on any atom is 0.281 e. The van der Waals surface area contributed by atoms with Gasteiger partial charge in [-0.2, -0.15) is 0 Å². The van der Waals surface area contributed by atoms with Crippen LogP contribution in [0.5, 0.6) is 0 Å². The fourth-order valence-corrected chi connectivity index (χ4v) is 2.01. The molecule has 0 aliphatic rings. The van der Waals surface area contributed by atoms with Gasteiger partial charge in [0.1, 0.15) is 0 Å². The molecule has 0 unspecified atom stereocenters. The van der Waals surface area contributed by atoms with Crippen molar-refractivity contribution in [1.82, 2.24) is 0 Å². The number of benzene rings is 2. The number of non-ortho nitro benzene ring substituents is 1. The van der Waals surface area contributed by atoms with Gasteiger partial charge in [0, 0.05) is 28.3 Å². The molecule has 2 rings (SSSR count). The zero-order valence-electron chi connectivity index (χ0n) is 10.7. The van der Waals surface area contributed by atoms with Gasteiger partial charge < -0.3 is 5.32 Å². The van der Waals surface area contributed by atoms with Gasteiger partial charge in [-0.05, 0) is 30.3 Å².